The van der Waals surface area contributed by atoms with Gasteiger partial charge in [0, 0.05) is 25.0 Å². The number of furan rings is 1. The number of carbonyl (C=O) groups is 3. The molecule has 3 heterocycles. The van der Waals surface area contributed by atoms with Gasteiger partial charge in [0.2, 0.25) is 0 Å². The first-order chi connectivity index (χ1) is 11.1. The van der Waals surface area contributed by atoms with E-state index in [1.54, 1.807) is 4.90 Å². The molecular weight excluding hydrogens is 300 g/mol. The van der Waals surface area contributed by atoms with Crippen molar-refractivity contribution in [3.63, 3.8) is 0 Å². The fourth-order valence-electron chi connectivity index (χ4n) is 4.36. The van der Waals surface area contributed by atoms with Gasteiger partial charge >= 0.3 is 5.97 Å². The number of nitrogens with zero attached hydrogens (tertiary/aromatic N) is 1. The summed E-state index contributed by atoms with van der Waals surface area (Å²) in [4.78, 5) is 37.9. The summed E-state index contributed by atoms with van der Waals surface area (Å²) in [5.41, 5.74) is 0.582. The molecule has 0 unspecified atom stereocenters. The van der Waals surface area contributed by atoms with Crippen molar-refractivity contribution in [3.05, 3.63) is 23.2 Å². The van der Waals surface area contributed by atoms with E-state index in [1.807, 2.05) is 0 Å². The van der Waals surface area contributed by atoms with Crippen molar-refractivity contribution >= 4 is 17.8 Å². The summed E-state index contributed by atoms with van der Waals surface area (Å²) in [5, 5.41) is 11.9. The monoisotopic (exact) mass is 318 g/mol. The van der Waals surface area contributed by atoms with Crippen LogP contribution in [-0.2, 0) is 11.2 Å². The van der Waals surface area contributed by atoms with Crippen molar-refractivity contribution in [2.45, 2.75) is 44.2 Å². The van der Waals surface area contributed by atoms with Gasteiger partial charge in [-0.05, 0) is 25.2 Å². The second-order valence-corrected chi connectivity index (χ2v) is 6.56. The first kappa shape index (κ1) is 14.3. The van der Waals surface area contributed by atoms with Crippen LogP contribution < -0.4 is 5.32 Å². The van der Waals surface area contributed by atoms with Crippen LogP contribution in [0, 0.1) is 5.92 Å². The third-order valence-electron chi connectivity index (χ3n) is 5.32. The first-order valence-electron chi connectivity index (χ1n) is 7.99. The molecule has 7 nitrogen and oxygen atoms in total. The van der Waals surface area contributed by atoms with Crippen LogP contribution in [-0.4, -0.2) is 46.4 Å². The Morgan fingerprint density at radius 3 is 3.00 bits per heavy atom. The smallest absolute Gasteiger partial charge is 0.305 e. The van der Waals surface area contributed by atoms with Crippen LogP contribution in [0.2, 0.25) is 0 Å². The lowest BCUT2D eigenvalue weighted by molar-refractivity contribution is -0.138. The van der Waals surface area contributed by atoms with E-state index in [0.29, 0.717) is 24.3 Å². The highest BCUT2D eigenvalue weighted by Gasteiger charge is 2.49. The van der Waals surface area contributed by atoms with Crippen LogP contribution in [0.15, 0.2) is 10.7 Å². The maximum Gasteiger partial charge on any atom is 0.305 e. The molecule has 2 N–H and O–H groups in total. The number of nitrogens with one attached hydrogen (secondary N) is 1. The highest BCUT2D eigenvalue weighted by atomic mass is 16.4. The van der Waals surface area contributed by atoms with Gasteiger partial charge in [-0.25, -0.2) is 0 Å². The van der Waals surface area contributed by atoms with Crippen molar-refractivity contribution < 1.29 is 23.9 Å². The Morgan fingerprint density at radius 2 is 2.22 bits per heavy atom. The fraction of sp³-hybridized carbons (Fsp3) is 0.562. The van der Waals surface area contributed by atoms with E-state index >= 15 is 0 Å². The van der Waals surface area contributed by atoms with Gasteiger partial charge in [0.05, 0.1) is 17.5 Å². The minimum Gasteiger partial charge on any atom is -0.481 e. The molecule has 0 aromatic carbocycles. The number of carbonyl (C=O) groups excluding carboxylic acids is 2. The molecule has 4 rings (SSSR count). The summed E-state index contributed by atoms with van der Waals surface area (Å²) >= 11 is 0. The summed E-state index contributed by atoms with van der Waals surface area (Å²) in [6.07, 6.45) is 4.60. The fourth-order valence-corrected chi connectivity index (χ4v) is 4.36. The molecular formula is C16H18N2O5. The Kier molecular flexibility index (Phi) is 3.18. The van der Waals surface area contributed by atoms with Crippen LogP contribution in [0.4, 0.5) is 0 Å². The van der Waals surface area contributed by atoms with E-state index in [-0.39, 0.29) is 41.8 Å². The molecule has 23 heavy (non-hydrogen) atoms. The Labute approximate surface area is 132 Å². The standard InChI is InChI=1S/C16H18N2O5/c19-13(20)6-11-8-1-2-9(5-8)18(11)16(22)10-7-23-12-3-4-17-15(21)14(10)12/h7-9,11H,1-6H2,(H,17,21)(H,19,20)/t8-,9+,11+/m0/s1. The maximum atomic E-state index is 13.0. The second kappa shape index (κ2) is 5.11. The molecule has 2 amide bonds. The highest BCUT2D eigenvalue weighted by Crippen LogP contribution is 2.44. The molecule has 3 aliphatic rings. The van der Waals surface area contributed by atoms with E-state index in [4.69, 9.17) is 9.52 Å². The van der Waals surface area contributed by atoms with Crippen molar-refractivity contribution in [2.75, 3.05) is 6.54 Å². The van der Waals surface area contributed by atoms with E-state index < -0.39 is 5.97 Å². The minimum atomic E-state index is -0.896. The minimum absolute atomic E-state index is 0.0425. The van der Waals surface area contributed by atoms with Gasteiger partial charge in [0.1, 0.15) is 12.0 Å². The highest BCUT2D eigenvalue weighted by molar-refractivity contribution is 6.08. The summed E-state index contributed by atoms with van der Waals surface area (Å²) in [6, 6.07) is -0.204. The van der Waals surface area contributed by atoms with Gasteiger partial charge in [-0.15, -0.1) is 0 Å². The number of likely N-dealkylation sites (tertiary alicyclic amines) is 1. The predicted octanol–water partition coefficient (Wildman–Crippen LogP) is 1.03. The number of carboxylic acid groups (broad SMARTS) is 1. The van der Waals surface area contributed by atoms with Crippen LogP contribution >= 0.6 is 0 Å². The topological polar surface area (TPSA) is 99.8 Å². The van der Waals surface area contributed by atoms with Gasteiger partial charge in [-0.2, -0.15) is 0 Å². The Bertz CT molecular complexity index is 695. The molecule has 1 saturated heterocycles. The number of carboxylic acids is 1. The molecule has 122 valence electrons. The summed E-state index contributed by atoms with van der Waals surface area (Å²) in [6.45, 7) is 0.503. The summed E-state index contributed by atoms with van der Waals surface area (Å²) in [5.74, 6) is -0.673. The number of amides is 2. The number of rotatable bonds is 3. The molecule has 7 heteroatoms. The Hall–Kier alpha value is -2.31. The number of hydrogen-bond acceptors (Lipinski definition) is 4. The third kappa shape index (κ3) is 2.14. The molecule has 1 aromatic heterocycles. The molecule has 1 aromatic rings. The molecule has 2 bridgehead atoms. The number of fused-ring (bicyclic) bond motifs is 3. The van der Waals surface area contributed by atoms with Crippen molar-refractivity contribution in [1.82, 2.24) is 10.2 Å². The average molecular weight is 318 g/mol. The van der Waals surface area contributed by atoms with Crippen LogP contribution in [0.1, 0.15) is 52.2 Å². The van der Waals surface area contributed by atoms with Gasteiger partial charge in [0.15, 0.2) is 0 Å². The summed E-state index contributed by atoms with van der Waals surface area (Å²) in [7, 11) is 0. The van der Waals surface area contributed by atoms with E-state index in [2.05, 4.69) is 5.32 Å². The molecule has 3 atom stereocenters. The number of aliphatic carboxylic acids is 1. The molecule has 0 spiro atoms. The van der Waals surface area contributed by atoms with Gasteiger partial charge in [-0.3, -0.25) is 14.4 Å². The van der Waals surface area contributed by atoms with Gasteiger partial charge < -0.3 is 19.7 Å². The first-order valence-corrected chi connectivity index (χ1v) is 7.99. The second-order valence-electron chi connectivity index (χ2n) is 6.56. The summed E-state index contributed by atoms with van der Waals surface area (Å²) < 4.78 is 5.41. The zero-order valence-electron chi connectivity index (χ0n) is 12.6. The van der Waals surface area contributed by atoms with Crippen molar-refractivity contribution in [2.24, 2.45) is 5.92 Å². The molecule has 2 fully saturated rings. The number of piperidine rings is 1. The molecule has 1 saturated carbocycles. The molecule has 2 aliphatic heterocycles. The zero-order chi connectivity index (χ0) is 16.1. The normalized spacial score (nSPS) is 28.6. The lowest BCUT2D eigenvalue weighted by atomic mass is 9.95. The predicted molar refractivity (Wildman–Crippen MR) is 78.1 cm³/mol. The Balaban J connectivity index is 1.67. The quantitative estimate of drug-likeness (QED) is 0.867. The van der Waals surface area contributed by atoms with E-state index in [1.165, 1.54) is 6.26 Å². The molecule has 1 aliphatic carbocycles. The lowest BCUT2D eigenvalue weighted by Gasteiger charge is -2.34. The number of hydrogen-bond donors (Lipinski definition) is 2. The third-order valence-corrected chi connectivity index (χ3v) is 5.32. The Morgan fingerprint density at radius 1 is 1.39 bits per heavy atom. The maximum absolute atomic E-state index is 13.0. The van der Waals surface area contributed by atoms with Crippen LogP contribution in [0.5, 0.6) is 0 Å². The molecule has 0 radical (unpaired) electrons. The van der Waals surface area contributed by atoms with Crippen molar-refractivity contribution in [1.29, 1.82) is 0 Å². The van der Waals surface area contributed by atoms with Gasteiger partial charge in [0.25, 0.3) is 11.8 Å². The van der Waals surface area contributed by atoms with E-state index in [9.17, 15) is 14.4 Å². The van der Waals surface area contributed by atoms with E-state index in [0.717, 1.165) is 19.3 Å². The largest absolute Gasteiger partial charge is 0.481 e. The zero-order valence-corrected chi connectivity index (χ0v) is 12.6. The van der Waals surface area contributed by atoms with Crippen LogP contribution in [0.3, 0.4) is 0 Å². The lowest BCUT2D eigenvalue weighted by Crippen LogP contribution is -2.46. The van der Waals surface area contributed by atoms with Crippen LogP contribution in [0.25, 0.3) is 0 Å². The van der Waals surface area contributed by atoms with Gasteiger partial charge in [-0.1, -0.05) is 0 Å². The van der Waals surface area contributed by atoms with Crippen molar-refractivity contribution in [3.8, 4) is 0 Å². The average Bonchev–Trinajstić information content (AvgIpc) is 3.20. The SMILES string of the molecule is O=C(O)C[C@@H]1[C@H]2CC[C@H](C2)N1C(=O)c1coc2c1C(=O)NCC2.